The topological polar surface area (TPSA) is 84.2 Å². The van der Waals surface area contributed by atoms with Gasteiger partial charge in [-0.15, -0.1) is 0 Å². The van der Waals surface area contributed by atoms with Crippen molar-refractivity contribution in [1.29, 1.82) is 0 Å². The van der Waals surface area contributed by atoms with E-state index in [9.17, 15) is 8.42 Å². The summed E-state index contributed by atoms with van der Waals surface area (Å²) < 4.78 is 26.7. The van der Waals surface area contributed by atoms with Crippen LogP contribution in [0.5, 0.6) is 0 Å². The molecule has 0 aromatic heterocycles. The summed E-state index contributed by atoms with van der Waals surface area (Å²) in [6.45, 7) is 3.61. The number of benzene rings is 1. The molecule has 0 aliphatic heterocycles. The standard InChI is InChI=1S/C12H21N3O2S/c1-2-9-15-18(16,17)12-7-4-3-6-11(12)14-10-5-8-13/h3-4,6-7,14-15H,2,5,8-10,13H2,1H3. The van der Waals surface area contributed by atoms with Gasteiger partial charge in [-0.2, -0.15) is 0 Å². The fourth-order valence-electron chi connectivity index (χ4n) is 1.49. The van der Waals surface area contributed by atoms with Gasteiger partial charge in [-0.25, -0.2) is 13.1 Å². The van der Waals surface area contributed by atoms with Gasteiger partial charge in [0.2, 0.25) is 10.0 Å². The number of nitrogens with one attached hydrogen (secondary N) is 2. The van der Waals surface area contributed by atoms with E-state index in [1.807, 2.05) is 13.0 Å². The van der Waals surface area contributed by atoms with E-state index in [2.05, 4.69) is 10.0 Å². The van der Waals surface area contributed by atoms with E-state index in [4.69, 9.17) is 5.73 Å². The van der Waals surface area contributed by atoms with Gasteiger partial charge < -0.3 is 11.1 Å². The number of rotatable bonds is 8. The van der Waals surface area contributed by atoms with Gasteiger partial charge >= 0.3 is 0 Å². The number of anilines is 1. The zero-order valence-corrected chi connectivity index (χ0v) is 11.5. The molecule has 4 N–H and O–H groups in total. The summed E-state index contributed by atoms with van der Waals surface area (Å²) in [5.41, 5.74) is 6.03. The molecule has 0 fully saturated rings. The Balaban J connectivity index is 2.87. The van der Waals surface area contributed by atoms with E-state index >= 15 is 0 Å². The molecule has 102 valence electrons. The minimum atomic E-state index is -3.43. The predicted octanol–water partition coefficient (Wildman–Crippen LogP) is 1.14. The van der Waals surface area contributed by atoms with E-state index in [0.717, 1.165) is 12.8 Å². The average molecular weight is 271 g/mol. The first kappa shape index (κ1) is 14.9. The molecule has 18 heavy (non-hydrogen) atoms. The van der Waals surface area contributed by atoms with Crippen LogP contribution in [0.1, 0.15) is 19.8 Å². The lowest BCUT2D eigenvalue weighted by Gasteiger charge is -2.12. The van der Waals surface area contributed by atoms with Crippen LogP contribution in [-0.2, 0) is 10.0 Å². The largest absolute Gasteiger partial charge is 0.384 e. The third kappa shape index (κ3) is 4.29. The second-order valence-electron chi connectivity index (χ2n) is 3.96. The summed E-state index contributed by atoms with van der Waals surface area (Å²) in [7, 11) is -3.43. The molecule has 0 amide bonds. The third-order valence-electron chi connectivity index (χ3n) is 2.42. The number of hydrogen-bond acceptors (Lipinski definition) is 4. The molecule has 0 aliphatic carbocycles. The lowest BCUT2D eigenvalue weighted by atomic mass is 10.3. The van der Waals surface area contributed by atoms with Crippen LogP contribution >= 0.6 is 0 Å². The highest BCUT2D eigenvalue weighted by Gasteiger charge is 2.16. The van der Waals surface area contributed by atoms with Crippen molar-refractivity contribution in [3.8, 4) is 0 Å². The molecule has 6 heteroatoms. The summed E-state index contributed by atoms with van der Waals surface area (Å²) in [6.07, 6.45) is 1.57. The molecular weight excluding hydrogens is 250 g/mol. The lowest BCUT2D eigenvalue weighted by molar-refractivity contribution is 0.581. The Bertz CT molecular complexity index is 460. The van der Waals surface area contributed by atoms with E-state index < -0.39 is 10.0 Å². The summed E-state index contributed by atoms with van der Waals surface area (Å²) >= 11 is 0. The van der Waals surface area contributed by atoms with Gasteiger partial charge in [0.1, 0.15) is 4.90 Å². The Morgan fingerprint density at radius 3 is 2.61 bits per heavy atom. The molecule has 0 bridgehead atoms. The van der Waals surface area contributed by atoms with Crippen LogP contribution < -0.4 is 15.8 Å². The predicted molar refractivity (Wildman–Crippen MR) is 74.1 cm³/mol. The van der Waals surface area contributed by atoms with Crippen molar-refractivity contribution in [1.82, 2.24) is 4.72 Å². The Morgan fingerprint density at radius 2 is 1.94 bits per heavy atom. The van der Waals surface area contributed by atoms with Crippen LogP contribution in [0.4, 0.5) is 5.69 Å². The molecule has 0 radical (unpaired) electrons. The molecule has 0 unspecified atom stereocenters. The van der Waals surface area contributed by atoms with Gasteiger partial charge in [-0.1, -0.05) is 19.1 Å². The van der Waals surface area contributed by atoms with Crippen LogP contribution in [-0.4, -0.2) is 28.1 Å². The fraction of sp³-hybridized carbons (Fsp3) is 0.500. The van der Waals surface area contributed by atoms with Crippen molar-refractivity contribution in [2.75, 3.05) is 25.0 Å². The summed E-state index contributed by atoms with van der Waals surface area (Å²) in [4.78, 5) is 0.287. The summed E-state index contributed by atoms with van der Waals surface area (Å²) in [5, 5.41) is 3.10. The molecular formula is C12H21N3O2S. The number of para-hydroxylation sites is 1. The van der Waals surface area contributed by atoms with Crippen LogP contribution in [0.2, 0.25) is 0 Å². The highest BCUT2D eigenvalue weighted by Crippen LogP contribution is 2.20. The van der Waals surface area contributed by atoms with Crippen molar-refractivity contribution < 1.29 is 8.42 Å². The third-order valence-corrected chi connectivity index (χ3v) is 3.93. The highest BCUT2D eigenvalue weighted by atomic mass is 32.2. The van der Waals surface area contributed by atoms with Crippen LogP contribution in [0, 0.1) is 0 Å². The van der Waals surface area contributed by atoms with Gasteiger partial charge in [0.15, 0.2) is 0 Å². The zero-order valence-electron chi connectivity index (χ0n) is 10.6. The normalized spacial score (nSPS) is 11.4. The van der Waals surface area contributed by atoms with E-state index in [1.165, 1.54) is 0 Å². The monoisotopic (exact) mass is 271 g/mol. The molecule has 1 aromatic carbocycles. The Morgan fingerprint density at radius 1 is 1.22 bits per heavy atom. The summed E-state index contributed by atoms with van der Waals surface area (Å²) in [5.74, 6) is 0. The number of hydrogen-bond donors (Lipinski definition) is 3. The van der Waals surface area contributed by atoms with E-state index in [-0.39, 0.29) is 4.90 Å². The molecule has 1 rings (SSSR count). The fourth-order valence-corrected chi connectivity index (χ4v) is 2.80. The highest BCUT2D eigenvalue weighted by molar-refractivity contribution is 7.89. The minimum absolute atomic E-state index is 0.287. The zero-order chi connectivity index (χ0) is 13.4. The SMILES string of the molecule is CCCNS(=O)(=O)c1ccccc1NCCCN. The van der Waals surface area contributed by atoms with Gasteiger partial charge in [-0.3, -0.25) is 0 Å². The number of nitrogens with two attached hydrogens (primary N) is 1. The molecule has 1 aromatic rings. The Labute approximate surface area is 109 Å². The van der Waals surface area contributed by atoms with Crippen molar-refractivity contribution in [2.24, 2.45) is 5.73 Å². The maximum absolute atomic E-state index is 12.1. The van der Waals surface area contributed by atoms with Crippen molar-refractivity contribution in [3.05, 3.63) is 24.3 Å². The van der Waals surface area contributed by atoms with E-state index in [1.54, 1.807) is 18.2 Å². The van der Waals surface area contributed by atoms with Crippen LogP contribution in [0.3, 0.4) is 0 Å². The molecule has 0 aliphatic rings. The first-order valence-electron chi connectivity index (χ1n) is 6.14. The molecule has 0 saturated heterocycles. The van der Waals surface area contributed by atoms with Gasteiger partial charge in [-0.05, 0) is 31.5 Å². The second kappa shape index (κ2) is 7.35. The molecule has 0 spiro atoms. The molecule has 5 nitrogen and oxygen atoms in total. The van der Waals surface area contributed by atoms with Crippen LogP contribution in [0.15, 0.2) is 29.2 Å². The average Bonchev–Trinajstić information content (AvgIpc) is 2.37. The van der Waals surface area contributed by atoms with Crippen molar-refractivity contribution in [2.45, 2.75) is 24.7 Å². The summed E-state index contributed by atoms with van der Waals surface area (Å²) in [6, 6.07) is 6.89. The molecule has 0 saturated carbocycles. The van der Waals surface area contributed by atoms with Crippen LogP contribution in [0.25, 0.3) is 0 Å². The Hall–Kier alpha value is -1.11. The van der Waals surface area contributed by atoms with Crippen molar-refractivity contribution in [3.63, 3.8) is 0 Å². The first-order valence-corrected chi connectivity index (χ1v) is 7.62. The lowest BCUT2D eigenvalue weighted by Crippen LogP contribution is -2.25. The minimum Gasteiger partial charge on any atom is -0.384 e. The quantitative estimate of drug-likeness (QED) is 0.619. The molecule has 0 heterocycles. The smallest absolute Gasteiger partial charge is 0.242 e. The maximum atomic E-state index is 12.1. The maximum Gasteiger partial charge on any atom is 0.242 e. The van der Waals surface area contributed by atoms with E-state index in [0.29, 0.717) is 25.3 Å². The van der Waals surface area contributed by atoms with Gasteiger partial charge in [0, 0.05) is 13.1 Å². The Kier molecular flexibility index (Phi) is 6.11. The van der Waals surface area contributed by atoms with Crippen molar-refractivity contribution >= 4 is 15.7 Å². The second-order valence-corrected chi connectivity index (χ2v) is 5.70. The van der Waals surface area contributed by atoms with Gasteiger partial charge in [0.25, 0.3) is 0 Å². The first-order chi connectivity index (χ1) is 8.61. The molecule has 0 atom stereocenters. The number of sulfonamides is 1. The van der Waals surface area contributed by atoms with Gasteiger partial charge in [0.05, 0.1) is 5.69 Å².